The fourth-order valence-corrected chi connectivity index (χ4v) is 4.03. The fraction of sp³-hybridized carbons (Fsp3) is 0.417. The summed E-state index contributed by atoms with van der Waals surface area (Å²) in [5, 5.41) is 3.07. The van der Waals surface area contributed by atoms with Crippen molar-refractivity contribution in [2.24, 2.45) is 0 Å². The number of rotatable bonds is 8. The normalized spacial score (nSPS) is 16.6. The van der Waals surface area contributed by atoms with E-state index >= 15 is 0 Å². The number of ether oxygens (including phenoxy) is 2. The van der Waals surface area contributed by atoms with E-state index in [2.05, 4.69) is 21.2 Å². The highest BCUT2D eigenvalue weighted by atomic mass is 79.9. The maximum atomic E-state index is 13.0. The molecule has 1 heterocycles. The third-order valence-electron chi connectivity index (χ3n) is 5.33. The van der Waals surface area contributed by atoms with Gasteiger partial charge in [-0.3, -0.25) is 9.59 Å². The number of carbonyl (C=O) groups excluding carboxylic acids is 2. The summed E-state index contributed by atoms with van der Waals surface area (Å²) in [7, 11) is 0. The quantitative estimate of drug-likeness (QED) is 0.583. The summed E-state index contributed by atoms with van der Waals surface area (Å²) in [6, 6.07) is 12.2. The van der Waals surface area contributed by atoms with Gasteiger partial charge in [0.05, 0.1) is 19.3 Å². The lowest BCUT2D eigenvalue weighted by Crippen LogP contribution is -2.46. The predicted octanol–water partition coefficient (Wildman–Crippen LogP) is 4.73. The lowest BCUT2D eigenvalue weighted by molar-refractivity contribution is -0.125. The van der Waals surface area contributed by atoms with E-state index in [1.54, 1.807) is 17.0 Å². The van der Waals surface area contributed by atoms with Crippen LogP contribution in [0.1, 0.15) is 55.6 Å². The zero-order valence-electron chi connectivity index (χ0n) is 18.2. The Balaban J connectivity index is 1.70. The number of likely N-dealkylation sites (tertiary alicyclic amines) is 1. The molecule has 1 saturated heterocycles. The molecule has 1 fully saturated rings. The zero-order valence-corrected chi connectivity index (χ0v) is 19.8. The Labute approximate surface area is 192 Å². The SMILES string of the molecule is CCOc1ccc(C(C)NC(=O)C2CCCN2C(=O)c2ccc(Br)cc2)cc1OCC. The number of amides is 2. The van der Waals surface area contributed by atoms with Gasteiger partial charge in [-0.2, -0.15) is 0 Å². The molecule has 0 radical (unpaired) electrons. The van der Waals surface area contributed by atoms with Gasteiger partial charge in [0, 0.05) is 16.6 Å². The Hall–Kier alpha value is -2.54. The minimum atomic E-state index is -0.465. The van der Waals surface area contributed by atoms with Crippen molar-refractivity contribution in [3.63, 3.8) is 0 Å². The minimum absolute atomic E-state index is 0.113. The minimum Gasteiger partial charge on any atom is -0.490 e. The molecule has 2 unspecified atom stereocenters. The van der Waals surface area contributed by atoms with Crippen LogP contribution in [-0.2, 0) is 4.79 Å². The molecule has 6 nitrogen and oxygen atoms in total. The molecular formula is C24H29BrN2O4. The third-order valence-corrected chi connectivity index (χ3v) is 5.86. The molecule has 2 amide bonds. The summed E-state index contributed by atoms with van der Waals surface area (Å²) < 4.78 is 12.2. The molecule has 1 aliphatic rings. The number of hydrogen-bond donors (Lipinski definition) is 1. The molecule has 0 spiro atoms. The molecular weight excluding hydrogens is 460 g/mol. The molecule has 0 aromatic heterocycles. The number of nitrogens with one attached hydrogen (secondary N) is 1. The largest absolute Gasteiger partial charge is 0.490 e. The highest BCUT2D eigenvalue weighted by Gasteiger charge is 2.35. The Kier molecular flexibility index (Phi) is 7.96. The maximum Gasteiger partial charge on any atom is 0.254 e. The summed E-state index contributed by atoms with van der Waals surface area (Å²) >= 11 is 3.38. The first-order valence-electron chi connectivity index (χ1n) is 10.7. The summed E-state index contributed by atoms with van der Waals surface area (Å²) in [6.07, 6.45) is 1.47. The van der Waals surface area contributed by atoms with E-state index in [1.807, 2.05) is 51.1 Å². The third kappa shape index (κ3) is 5.58. The molecule has 0 aliphatic carbocycles. The van der Waals surface area contributed by atoms with Crippen molar-refractivity contribution >= 4 is 27.7 Å². The van der Waals surface area contributed by atoms with Gasteiger partial charge < -0.3 is 19.7 Å². The molecule has 1 N–H and O–H groups in total. The molecule has 2 atom stereocenters. The van der Waals surface area contributed by atoms with E-state index in [-0.39, 0.29) is 17.9 Å². The summed E-state index contributed by atoms with van der Waals surface area (Å²) in [6.45, 7) is 7.44. The second-order valence-corrected chi connectivity index (χ2v) is 8.38. The average molecular weight is 489 g/mol. The number of hydrogen-bond acceptors (Lipinski definition) is 4. The highest BCUT2D eigenvalue weighted by molar-refractivity contribution is 9.10. The topological polar surface area (TPSA) is 67.9 Å². The van der Waals surface area contributed by atoms with Gasteiger partial charge in [-0.15, -0.1) is 0 Å². The van der Waals surface area contributed by atoms with Crippen LogP contribution in [-0.4, -0.2) is 42.5 Å². The standard InChI is InChI=1S/C24H29BrN2O4/c1-4-30-21-13-10-18(15-22(21)31-5-2)16(3)26-23(28)20-7-6-14-27(20)24(29)17-8-11-19(25)12-9-17/h8-13,15-16,20H,4-7,14H2,1-3H3,(H,26,28). The second-order valence-electron chi connectivity index (χ2n) is 7.47. The average Bonchev–Trinajstić information content (AvgIpc) is 3.25. The van der Waals surface area contributed by atoms with E-state index in [0.29, 0.717) is 43.2 Å². The first kappa shape index (κ1) is 23.1. The van der Waals surface area contributed by atoms with Crippen LogP contribution < -0.4 is 14.8 Å². The van der Waals surface area contributed by atoms with Crippen LogP contribution in [0.2, 0.25) is 0 Å². The van der Waals surface area contributed by atoms with Crippen LogP contribution >= 0.6 is 15.9 Å². The van der Waals surface area contributed by atoms with E-state index in [1.165, 1.54) is 0 Å². The van der Waals surface area contributed by atoms with Gasteiger partial charge in [0.1, 0.15) is 6.04 Å². The molecule has 2 aromatic carbocycles. The summed E-state index contributed by atoms with van der Waals surface area (Å²) in [5.74, 6) is 1.10. The van der Waals surface area contributed by atoms with Crippen molar-refractivity contribution in [3.05, 3.63) is 58.1 Å². The van der Waals surface area contributed by atoms with Crippen molar-refractivity contribution < 1.29 is 19.1 Å². The van der Waals surface area contributed by atoms with Crippen LogP contribution in [0.25, 0.3) is 0 Å². The van der Waals surface area contributed by atoms with Crippen molar-refractivity contribution in [1.29, 1.82) is 0 Å². The van der Waals surface area contributed by atoms with Gasteiger partial charge in [0.25, 0.3) is 5.91 Å². The second kappa shape index (κ2) is 10.7. The van der Waals surface area contributed by atoms with Crippen LogP contribution in [0.15, 0.2) is 46.9 Å². The molecule has 7 heteroatoms. The Bertz CT molecular complexity index is 916. The number of benzene rings is 2. The predicted molar refractivity (Wildman–Crippen MR) is 124 cm³/mol. The number of carbonyl (C=O) groups is 2. The molecule has 0 saturated carbocycles. The summed E-state index contributed by atoms with van der Waals surface area (Å²) in [4.78, 5) is 27.7. The first-order chi connectivity index (χ1) is 14.9. The molecule has 3 rings (SSSR count). The van der Waals surface area contributed by atoms with Gasteiger partial charge >= 0.3 is 0 Å². The van der Waals surface area contributed by atoms with Gasteiger partial charge in [0.2, 0.25) is 5.91 Å². The highest BCUT2D eigenvalue weighted by Crippen LogP contribution is 2.31. The van der Waals surface area contributed by atoms with Gasteiger partial charge in [-0.05, 0) is 75.6 Å². The van der Waals surface area contributed by atoms with Crippen LogP contribution in [0.3, 0.4) is 0 Å². The Morgan fingerprint density at radius 3 is 2.45 bits per heavy atom. The summed E-state index contributed by atoms with van der Waals surface area (Å²) in [5.41, 5.74) is 1.51. The lowest BCUT2D eigenvalue weighted by Gasteiger charge is -2.26. The molecule has 1 aliphatic heterocycles. The van der Waals surface area contributed by atoms with E-state index < -0.39 is 6.04 Å². The van der Waals surface area contributed by atoms with Crippen LogP contribution in [0.4, 0.5) is 0 Å². The first-order valence-corrected chi connectivity index (χ1v) is 11.5. The monoisotopic (exact) mass is 488 g/mol. The molecule has 166 valence electrons. The molecule has 0 bridgehead atoms. The van der Waals surface area contributed by atoms with E-state index in [4.69, 9.17) is 9.47 Å². The van der Waals surface area contributed by atoms with Crippen molar-refractivity contribution in [2.45, 2.75) is 45.7 Å². The van der Waals surface area contributed by atoms with Crippen molar-refractivity contribution in [2.75, 3.05) is 19.8 Å². The van der Waals surface area contributed by atoms with E-state index in [9.17, 15) is 9.59 Å². The van der Waals surface area contributed by atoms with Crippen molar-refractivity contribution in [1.82, 2.24) is 10.2 Å². The van der Waals surface area contributed by atoms with Crippen LogP contribution in [0, 0.1) is 0 Å². The van der Waals surface area contributed by atoms with Crippen molar-refractivity contribution in [3.8, 4) is 11.5 Å². The number of halogens is 1. The van der Waals surface area contributed by atoms with Crippen LogP contribution in [0.5, 0.6) is 11.5 Å². The van der Waals surface area contributed by atoms with Gasteiger partial charge in [-0.1, -0.05) is 22.0 Å². The van der Waals surface area contributed by atoms with E-state index in [0.717, 1.165) is 16.5 Å². The number of nitrogens with zero attached hydrogens (tertiary/aromatic N) is 1. The fourth-order valence-electron chi connectivity index (χ4n) is 3.77. The maximum absolute atomic E-state index is 13.0. The molecule has 31 heavy (non-hydrogen) atoms. The van der Waals surface area contributed by atoms with Gasteiger partial charge in [0.15, 0.2) is 11.5 Å². The van der Waals surface area contributed by atoms with Gasteiger partial charge in [-0.25, -0.2) is 0 Å². The lowest BCUT2D eigenvalue weighted by atomic mass is 10.1. The Morgan fingerprint density at radius 2 is 1.77 bits per heavy atom. The smallest absolute Gasteiger partial charge is 0.254 e. The Morgan fingerprint density at radius 1 is 1.10 bits per heavy atom. The molecule has 2 aromatic rings. The zero-order chi connectivity index (χ0) is 22.4.